The van der Waals surface area contributed by atoms with Crippen LogP contribution in [0.4, 0.5) is 0 Å². The third-order valence-corrected chi connectivity index (χ3v) is 4.21. The zero-order valence-corrected chi connectivity index (χ0v) is 10.1. The normalized spacial score (nSPS) is 15.4. The fourth-order valence-corrected chi connectivity index (χ4v) is 2.84. The van der Waals surface area contributed by atoms with Crippen molar-refractivity contribution in [2.75, 3.05) is 19.4 Å². The largest absolute Gasteiger partial charge is 0.394 e. The van der Waals surface area contributed by atoms with Gasteiger partial charge in [0.2, 0.25) is 0 Å². The van der Waals surface area contributed by atoms with E-state index >= 15 is 0 Å². The molecule has 0 saturated heterocycles. The number of nitrogens with one attached hydrogen (secondary N) is 1. The Balaban J connectivity index is 2.27. The second-order valence-electron chi connectivity index (χ2n) is 3.37. The van der Waals surface area contributed by atoms with Crippen LogP contribution in [0.25, 0.3) is 0 Å². The van der Waals surface area contributed by atoms with Crippen molar-refractivity contribution in [1.82, 2.24) is 10.3 Å². The number of hydrogen-bond donors (Lipinski definition) is 2. The summed E-state index contributed by atoms with van der Waals surface area (Å²) in [5.74, 6) is 0.978. The van der Waals surface area contributed by atoms with E-state index in [1.165, 1.54) is 0 Å². The van der Waals surface area contributed by atoms with Gasteiger partial charge in [0.15, 0.2) is 0 Å². The summed E-state index contributed by atoms with van der Waals surface area (Å²) in [7, 11) is 1.88. The van der Waals surface area contributed by atoms with Crippen LogP contribution in [-0.2, 0) is 0 Å². The van der Waals surface area contributed by atoms with Gasteiger partial charge < -0.3 is 10.4 Å². The molecule has 1 aromatic heterocycles. The van der Waals surface area contributed by atoms with Gasteiger partial charge in [0, 0.05) is 22.9 Å². The molecular formula is C9H16N2OS2. The SMILES string of the molecule is CNC(C)(CO)CCSc1nccs1. The Morgan fingerprint density at radius 3 is 3.00 bits per heavy atom. The molecule has 80 valence electrons. The van der Waals surface area contributed by atoms with Gasteiger partial charge in [-0.15, -0.1) is 11.3 Å². The Labute approximate surface area is 92.9 Å². The number of hydrogen-bond acceptors (Lipinski definition) is 5. The molecule has 1 atom stereocenters. The zero-order valence-electron chi connectivity index (χ0n) is 8.49. The van der Waals surface area contributed by atoms with E-state index in [0.29, 0.717) is 0 Å². The van der Waals surface area contributed by atoms with Crippen molar-refractivity contribution < 1.29 is 5.11 Å². The zero-order chi connectivity index (χ0) is 10.4. The van der Waals surface area contributed by atoms with Crippen LogP contribution >= 0.6 is 23.1 Å². The van der Waals surface area contributed by atoms with Crippen LogP contribution in [0, 0.1) is 0 Å². The van der Waals surface area contributed by atoms with Gasteiger partial charge >= 0.3 is 0 Å². The molecule has 0 spiro atoms. The molecule has 0 bridgehead atoms. The minimum Gasteiger partial charge on any atom is -0.394 e. The molecule has 14 heavy (non-hydrogen) atoms. The first-order chi connectivity index (χ1) is 6.70. The third-order valence-electron chi connectivity index (χ3n) is 2.24. The summed E-state index contributed by atoms with van der Waals surface area (Å²) in [6.07, 6.45) is 2.75. The average molecular weight is 232 g/mol. The Morgan fingerprint density at radius 1 is 1.71 bits per heavy atom. The molecule has 0 radical (unpaired) electrons. The molecule has 2 N–H and O–H groups in total. The van der Waals surface area contributed by atoms with Crippen molar-refractivity contribution >= 4 is 23.1 Å². The molecular weight excluding hydrogens is 216 g/mol. The number of thiazole rings is 1. The fraction of sp³-hybridized carbons (Fsp3) is 0.667. The molecule has 0 aromatic carbocycles. The van der Waals surface area contributed by atoms with Crippen molar-refractivity contribution in [1.29, 1.82) is 0 Å². The van der Waals surface area contributed by atoms with Crippen LogP contribution in [-0.4, -0.2) is 35.0 Å². The topological polar surface area (TPSA) is 45.1 Å². The van der Waals surface area contributed by atoms with Gasteiger partial charge in [-0.25, -0.2) is 4.98 Å². The Bertz CT molecular complexity index is 247. The van der Waals surface area contributed by atoms with E-state index in [0.717, 1.165) is 16.5 Å². The van der Waals surface area contributed by atoms with E-state index in [-0.39, 0.29) is 12.1 Å². The van der Waals surface area contributed by atoms with Crippen molar-refractivity contribution in [2.24, 2.45) is 0 Å². The van der Waals surface area contributed by atoms with Crippen molar-refractivity contribution in [2.45, 2.75) is 23.2 Å². The monoisotopic (exact) mass is 232 g/mol. The maximum Gasteiger partial charge on any atom is 0.149 e. The van der Waals surface area contributed by atoms with Crippen LogP contribution < -0.4 is 5.32 Å². The molecule has 0 aliphatic carbocycles. The number of aliphatic hydroxyl groups is 1. The van der Waals surface area contributed by atoms with Gasteiger partial charge in [-0.2, -0.15) is 0 Å². The molecule has 5 heteroatoms. The van der Waals surface area contributed by atoms with Crippen LogP contribution in [0.1, 0.15) is 13.3 Å². The van der Waals surface area contributed by atoms with Gasteiger partial charge in [0.25, 0.3) is 0 Å². The lowest BCUT2D eigenvalue weighted by Gasteiger charge is -2.26. The van der Waals surface area contributed by atoms with Crippen LogP contribution in [0.3, 0.4) is 0 Å². The highest BCUT2D eigenvalue weighted by Gasteiger charge is 2.20. The first-order valence-corrected chi connectivity index (χ1v) is 6.39. The minimum absolute atomic E-state index is 0.162. The average Bonchev–Trinajstić information content (AvgIpc) is 2.70. The first kappa shape index (κ1) is 12.0. The maximum absolute atomic E-state index is 9.16. The Hall–Kier alpha value is -0.100. The smallest absolute Gasteiger partial charge is 0.149 e. The van der Waals surface area contributed by atoms with Gasteiger partial charge in [-0.1, -0.05) is 11.8 Å². The number of nitrogens with zero attached hydrogens (tertiary/aromatic N) is 1. The predicted octanol–water partition coefficient (Wildman–Crippen LogP) is 1.60. The molecule has 1 unspecified atom stereocenters. The fourth-order valence-electron chi connectivity index (χ4n) is 0.928. The van der Waals surface area contributed by atoms with E-state index in [1.807, 2.05) is 25.5 Å². The Morgan fingerprint density at radius 2 is 2.50 bits per heavy atom. The van der Waals surface area contributed by atoms with Gasteiger partial charge in [0.05, 0.1) is 6.61 Å². The lowest BCUT2D eigenvalue weighted by atomic mass is 10.0. The van der Waals surface area contributed by atoms with Gasteiger partial charge in [-0.3, -0.25) is 0 Å². The minimum atomic E-state index is -0.162. The summed E-state index contributed by atoms with van der Waals surface area (Å²) in [6, 6.07) is 0. The second kappa shape index (κ2) is 5.70. The van der Waals surface area contributed by atoms with Crippen molar-refractivity contribution in [3.8, 4) is 0 Å². The molecule has 1 rings (SSSR count). The molecule has 0 saturated carbocycles. The summed E-state index contributed by atoms with van der Waals surface area (Å²) < 4.78 is 1.10. The molecule has 3 nitrogen and oxygen atoms in total. The van der Waals surface area contributed by atoms with Gasteiger partial charge in [-0.05, 0) is 20.4 Å². The summed E-state index contributed by atoms with van der Waals surface area (Å²) in [4.78, 5) is 4.19. The number of aromatic nitrogens is 1. The predicted molar refractivity (Wildman–Crippen MR) is 62.0 cm³/mol. The standard InChI is InChI=1S/C9H16N2OS2/c1-9(7-12,10-2)3-5-13-8-11-4-6-14-8/h4,6,10,12H,3,5,7H2,1-2H3. The summed E-state index contributed by atoms with van der Waals surface area (Å²) in [6.45, 7) is 2.19. The highest BCUT2D eigenvalue weighted by molar-refractivity contribution is 8.00. The van der Waals surface area contributed by atoms with Gasteiger partial charge in [0.1, 0.15) is 4.34 Å². The molecule has 0 fully saturated rings. The summed E-state index contributed by atoms with van der Waals surface area (Å²) in [5.41, 5.74) is -0.162. The molecule has 1 aromatic rings. The quantitative estimate of drug-likeness (QED) is 0.731. The van der Waals surface area contributed by atoms with E-state index in [9.17, 15) is 0 Å². The van der Waals surface area contributed by atoms with Crippen LogP contribution in [0.5, 0.6) is 0 Å². The lowest BCUT2D eigenvalue weighted by molar-refractivity contribution is 0.179. The number of rotatable bonds is 6. The van der Waals surface area contributed by atoms with E-state index < -0.39 is 0 Å². The van der Waals surface area contributed by atoms with E-state index in [2.05, 4.69) is 10.3 Å². The maximum atomic E-state index is 9.16. The summed E-state index contributed by atoms with van der Waals surface area (Å²) >= 11 is 3.40. The lowest BCUT2D eigenvalue weighted by Crippen LogP contribution is -2.43. The third kappa shape index (κ3) is 3.57. The molecule has 0 aliphatic rings. The molecule has 0 amide bonds. The Kier molecular flexibility index (Phi) is 4.88. The second-order valence-corrected chi connectivity index (χ2v) is 5.60. The van der Waals surface area contributed by atoms with Crippen LogP contribution in [0.15, 0.2) is 15.9 Å². The number of thioether (sulfide) groups is 1. The molecule has 1 heterocycles. The number of likely N-dealkylation sites (N-methyl/N-ethyl adjacent to an activating group) is 1. The first-order valence-electron chi connectivity index (χ1n) is 4.52. The summed E-state index contributed by atoms with van der Waals surface area (Å²) in [5, 5.41) is 14.3. The highest BCUT2D eigenvalue weighted by Crippen LogP contribution is 2.23. The highest BCUT2D eigenvalue weighted by atomic mass is 32.2. The number of aliphatic hydroxyl groups excluding tert-OH is 1. The van der Waals surface area contributed by atoms with Crippen molar-refractivity contribution in [3.05, 3.63) is 11.6 Å². The van der Waals surface area contributed by atoms with E-state index in [1.54, 1.807) is 23.1 Å². The van der Waals surface area contributed by atoms with Crippen LogP contribution in [0.2, 0.25) is 0 Å². The molecule has 0 aliphatic heterocycles. The van der Waals surface area contributed by atoms with Crippen molar-refractivity contribution in [3.63, 3.8) is 0 Å². The van der Waals surface area contributed by atoms with E-state index in [4.69, 9.17) is 5.11 Å².